The van der Waals surface area contributed by atoms with E-state index >= 15 is 0 Å². The standard InChI is InChI=1S/C11H13F3O/c1-10(2,11(12,13)14)8-15-9-6-4-3-5-7-9/h3-7H,8H2,1-2H3. The van der Waals surface area contributed by atoms with Gasteiger partial charge in [0.25, 0.3) is 0 Å². The molecule has 0 radical (unpaired) electrons. The lowest BCUT2D eigenvalue weighted by Gasteiger charge is -2.27. The van der Waals surface area contributed by atoms with Crippen molar-refractivity contribution >= 4 is 0 Å². The zero-order chi connectivity index (χ0) is 11.5. The van der Waals surface area contributed by atoms with Gasteiger partial charge in [-0.2, -0.15) is 13.2 Å². The summed E-state index contributed by atoms with van der Waals surface area (Å²) in [6.07, 6.45) is -4.25. The molecule has 1 aromatic rings. The van der Waals surface area contributed by atoms with Crippen molar-refractivity contribution in [1.29, 1.82) is 0 Å². The second kappa shape index (κ2) is 4.13. The van der Waals surface area contributed by atoms with Gasteiger partial charge in [0, 0.05) is 0 Å². The van der Waals surface area contributed by atoms with Crippen LogP contribution >= 0.6 is 0 Å². The van der Waals surface area contributed by atoms with E-state index in [4.69, 9.17) is 4.74 Å². The summed E-state index contributed by atoms with van der Waals surface area (Å²) in [4.78, 5) is 0. The maximum absolute atomic E-state index is 12.5. The third-order valence-electron chi connectivity index (χ3n) is 2.11. The number of hydrogen-bond acceptors (Lipinski definition) is 1. The third kappa shape index (κ3) is 3.15. The molecule has 0 unspecified atom stereocenters. The first-order valence-corrected chi connectivity index (χ1v) is 4.57. The Morgan fingerprint density at radius 3 is 2.07 bits per heavy atom. The molecular weight excluding hydrogens is 205 g/mol. The minimum Gasteiger partial charge on any atom is -0.493 e. The van der Waals surface area contributed by atoms with Gasteiger partial charge in [0.1, 0.15) is 12.4 Å². The highest BCUT2D eigenvalue weighted by molar-refractivity contribution is 5.21. The van der Waals surface area contributed by atoms with Gasteiger partial charge >= 0.3 is 6.18 Å². The number of benzene rings is 1. The van der Waals surface area contributed by atoms with E-state index in [1.54, 1.807) is 30.3 Å². The first kappa shape index (κ1) is 11.9. The summed E-state index contributed by atoms with van der Waals surface area (Å²) < 4.78 is 42.4. The first-order valence-electron chi connectivity index (χ1n) is 4.57. The van der Waals surface area contributed by atoms with Gasteiger partial charge in [-0.3, -0.25) is 0 Å². The summed E-state index contributed by atoms with van der Waals surface area (Å²) in [6.45, 7) is 1.87. The number of ether oxygens (including phenoxy) is 1. The van der Waals surface area contributed by atoms with Crippen molar-refractivity contribution in [2.24, 2.45) is 5.41 Å². The predicted molar refractivity (Wildman–Crippen MR) is 51.8 cm³/mol. The second-order valence-electron chi connectivity index (χ2n) is 3.98. The molecule has 15 heavy (non-hydrogen) atoms. The van der Waals surface area contributed by atoms with Crippen LogP contribution in [0, 0.1) is 5.41 Å². The molecule has 1 aromatic carbocycles. The summed E-state index contributed by atoms with van der Waals surface area (Å²) in [5, 5.41) is 0. The Hall–Kier alpha value is -1.19. The van der Waals surface area contributed by atoms with Gasteiger partial charge in [-0.25, -0.2) is 0 Å². The van der Waals surface area contributed by atoms with Crippen LogP contribution in [0.2, 0.25) is 0 Å². The van der Waals surface area contributed by atoms with Gasteiger partial charge < -0.3 is 4.74 Å². The zero-order valence-electron chi connectivity index (χ0n) is 8.64. The van der Waals surface area contributed by atoms with Crippen molar-refractivity contribution in [1.82, 2.24) is 0 Å². The molecule has 0 aliphatic rings. The van der Waals surface area contributed by atoms with Crippen molar-refractivity contribution in [3.63, 3.8) is 0 Å². The second-order valence-corrected chi connectivity index (χ2v) is 3.98. The van der Waals surface area contributed by atoms with Crippen LogP contribution in [0.15, 0.2) is 30.3 Å². The molecule has 1 rings (SSSR count). The Balaban J connectivity index is 2.58. The topological polar surface area (TPSA) is 9.23 Å². The average Bonchev–Trinajstić information content (AvgIpc) is 2.15. The van der Waals surface area contributed by atoms with Crippen molar-refractivity contribution in [3.8, 4) is 5.75 Å². The van der Waals surface area contributed by atoms with Gasteiger partial charge in [0.2, 0.25) is 0 Å². The van der Waals surface area contributed by atoms with Crippen LogP contribution in [0.25, 0.3) is 0 Å². The molecule has 0 heterocycles. The number of alkyl halides is 3. The first-order chi connectivity index (χ1) is 6.83. The molecule has 84 valence electrons. The van der Waals surface area contributed by atoms with Crippen molar-refractivity contribution in [2.75, 3.05) is 6.61 Å². The van der Waals surface area contributed by atoms with Crippen LogP contribution in [0.3, 0.4) is 0 Å². The van der Waals surface area contributed by atoms with E-state index in [0.717, 1.165) is 13.8 Å². The van der Waals surface area contributed by atoms with Crippen molar-refractivity contribution < 1.29 is 17.9 Å². The minimum atomic E-state index is -4.25. The van der Waals surface area contributed by atoms with E-state index in [-0.39, 0.29) is 6.61 Å². The summed E-state index contributed by atoms with van der Waals surface area (Å²) in [7, 11) is 0. The fraction of sp³-hybridized carbons (Fsp3) is 0.455. The molecule has 0 N–H and O–H groups in total. The minimum absolute atomic E-state index is 0.374. The fourth-order valence-corrected chi connectivity index (χ4v) is 0.862. The van der Waals surface area contributed by atoms with Crippen LogP contribution in [0.5, 0.6) is 5.75 Å². The summed E-state index contributed by atoms with van der Waals surface area (Å²) in [5.41, 5.74) is -1.83. The molecule has 0 aliphatic carbocycles. The van der Waals surface area contributed by atoms with Crippen LogP contribution in [-0.2, 0) is 0 Å². The van der Waals surface area contributed by atoms with E-state index < -0.39 is 11.6 Å². The summed E-state index contributed by atoms with van der Waals surface area (Å²) in [5.74, 6) is 0.454. The van der Waals surface area contributed by atoms with Gasteiger partial charge in [-0.1, -0.05) is 18.2 Å². The maximum Gasteiger partial charge on any atom is 0.397 e. The smallest absolute Gasteiger partial charge is 0.397 e. The van der Waals surface area contributed by atoms with Gasteiger partial charge in [-0.15, -0.1) is 0 Å². The number of rotatable bonds is 3. The average molecular weight is 218 g/mol. The van der Waals surface area contributed by atoms with E-state index in [1.807, 2.05) is 0 Å². The molecule has 0 bridgehead atoms. The molecule has 0 saturated heterocycles. The normalized spacial score (nSPS) is 12.6. The van der Waals surface area contributed by atoms with Crippen molar-refractivity contribution in [2.45, 2.75) is 20.0 Å². The molecule has 0 saturated carbocycles. The van der Waals surface area contributed by atoms with Crippen LogP contribution in [-0.4, -0.2) is 12.8 Å². The maximum atomic E-state index is 12.5. The monoisotopic (exact) mass is 218 g/mol. The molecule has 0 amide bonds. The molecule has 0 atom stereocenters. The number of halogens is 3. The van der Waals surface area contributed by atoms with Gasteiger partial charge in [0.05, 0.1) is 5.41 Å². The van der Waals surface area contributed by atoms with Crippen LogP contribution < -0.4 is 4.74 Å². The third-order valence-corrected chi connectivity index (χ3v) is 2.11. The number of para-hydroxylation sites is 1. The van der Waals surface area contributed by atoms with Crippen LogP contribution in [0.4, 0.5) is 13.2 Å². The molecule has 0 aliphatic heterocycles. The SMILES string of the molecule is CC(C)(COc1ccccc1)C(F)(F)F. The van der Waals surface area contributed by atoms with Crippen molar-refractivity contribution in [3.05, 3.63) is 30.3 Å². The molecular formula is C11H13F3O. The lowest BCUT2D eigenvalue weighted by Crippen LogP contribution is -2.37. The van der Waals surface area contributed by atoms with E-state index in [1.165, 1.54) is 0 Å². The van der Waals surface area contributed by atoms with Gasteiger partial charge in [-0.05, 0) is 26.0 Å². The molecule has 4 heteroatoms. The Bertz CT molecular complexity index is 303. The molecule has 1 nitrogen and oxygen atoms in total. The number of hydrogen-bond donors (Lipinski definition) is 0. The van der Waals surface area contributed by atoms with Gasteiger partial charge in [0.15, 0.2) is 0 Å². The highest BCUT2D eigenvalue weighted by Gasteiger charge is 2.47. The molecule has 0 fully saturated rings. The fourth-order valence-electron chi connectivity index (χ4n) is 0.862. The Morgan fingerprint density at radius 1 is 1.07 bits per heavy atom. The largest absolute Gasteiger partial charge is 0.493 e. The Morgan fingerprint density at radius 2 is 1.60 bits per heavy atom. The quantitative estimate of drug-likeness (QED) is 0.752. The Labute approximate surface area is 86.9 Å². The van der Waals surface area contributed by atoms with E-state index in [2.05, 4.69) is 0 Å². The lowest BCUT2D eigenvalue weighted by atomic mass is 9.94. The highest BCUT2D eigenvalue weighted by Crippen LogP contribution is 2.37. The molecule has 0 spiro atoms. The lowest BCUT2D eigenvalue weighted by molar-refractivity contribution is -0.219. The predicted octanol–water partition coefficient (Wildman–Crippen LogP) is 3.65. The van der Waals surface area contributed by atoms with E-state index in [0.29, 0.717) is 5.75 Å². The summed E-state index contributed by atoms with van der Waals surface area (Å²) in [6, 6.07) is 8.48. The summed E-state index contributed by atoms with van der Waals surface area (Å²) >= 11 is 0. The highest BCUT2D eigenvalue weighted by atomic mass is 19.4. The zero-order valence-corrected chi connectivity index (χ0v) is 8.64. The van der Waals surface area contributed by atoms with E-state index in [9.17, 15) is 13.2 Å². The Kier molecular flexibility index (Phi) is 3.27. The van der Waals surface area contributed by atoms with Crippen LogP contribution in [0.1, 0.15) is 13.8 Å². The molecule has 0 aromatic heterocycles.